The number of ether oxygens (including phenoxy) is 1. The van der Waals surface area contributed by atoms with Crippen LogP contribution in [0, 0.1) is 6.92 Å². The Hall–Kier alpha value is -3.28. The summed E-state index contributed by atoms with van der Waals surface area (Å²) in [5.74, 6) is -0.414. The van der Waals surface area contributed by atoms with Gasteiger partial charge in [0.25, 0.3) is 5.91 Å². The number of halogens is 2. The van der Waals surface area contributed by atoms with Crippen molar-refractivity contribution in [2.75, 3.05) is 11.9 Å². The Morgan fingerprint density at radius 2 is 1.65 bits per heavy atom. The molecule has 0 bridgehead atoms. The molecule has 174 valence electrons. The van der Waals surface area contributed by atoms with Crippen molar-refractivity contribution in [2.45, 2.75) is 26.7 Å². The van der Waals surface area contributed by atoms with Gasteiger partial charge in [0.15, 0.2) is 11.5 Å². The molecule has 4 rings (SSSR count). The standard InChI is InChI=1S/C27H23Cl2NO4/c1-3-4-13-33-25-20(28)14-18(15-21(25)29)27(32)30-23-19-7-5-6-8-22(19)34-26(23)24(31)17-11-9-16(2)10-12-17/h5-12,14-15H,3-4,13H2,1-2H3,(H,30,32). The van der Waals surface area contributed by atoms with Crippen molar-refractivity contribution in [3.8, 4) is 5.75 Å². The van der Waals surface area contributed by atoms with E-state index in [9.17, 15) is 9.59 Å². The lowest BCUT2D eigenvalue weighted by molar-refractivity contribution is 0.101. The highest BCUT2D eigenvalue weighted by molar-refractivity contribution is 6.38. The number of anilines is 1. The number of hydrogen-bond acceptors (Lipinski definition) is 4. The van der Waals surface area contributed by atoms with E-state index in [1.54, 1.807) is 30.3 Å². The van der Waals surface area contributed by atoms with Crippen molar-refractivity contribution in [3.05, 3.63) is 93.2 Å². The third-order valence-corrected chi connectivity index (χ3v) is 5.92. The van der Waals surface area contributed by atoms with Gasteiger partial charge in [-0.05, 0) is 37.6 Å². The van der Waals surface area contributed by atoms with Crippen molar-refractivity contribution in [2.24, 2.45) is 0 Å². The first-order chi connectivity index (χ1) is 16.4. The maximum atomic E-state index is 13.2. The number of unbranched alkanes of at least 4 members (excludes halogenated alkanes) is 1. The summed E-state index contributed by atoms with van der Waals surface area (Å²) >= 11 is 12.7. The molecule has 5 nitrogen and oxygen atoms in total. The minimum absolute atomic E-state index is 0.0510. The van der Waals surface area contributed by atoms with Gasteiger partial charge in [0.2, 0.25) is 5.78 Å². The van der Waals surface area contributed by atoms with Crippen LogP contribution in [0.15, 0.2) is 65.1 Å². The molecule has 4 aromatic rings. The first-order valence-electron chi connectivity index (χ1n) is 10.9. The largest absolute Gasteiger partial charge is 0.490 e. The van der Waals surface area contributed by atoms with E-state index in [2.05, 4.69) is 12.2 Å². The van der Waals surface area contributed by atoms with Crippen LogP contribution in [0.5, 0.6) is 5.75 Å². The Bertz CT molecular complexity index is 1340. The minimum atomic E-state index is -0.478. The molecule has 0 aliphatic heterocycles. The van der Waals surface area contributed by atoms with Crippen molar-refractivity contribution >= 4 is 51.5 Å². The van der Waals surface area contributed by atoms with Gasteiger partial charge in [-0.15, -0.1) is 0 Å². The summed E-state index contributed by atoms with van der Waals surface area (Å²) in [4.78, 5) is 26.4. The molecular formula is C27H23Cl2NO4. The van der Waals surface area contributed by atoms with E-state index in [0.717, 1.165) is 18.4 Å². The molecule has 0 radical (unpaired) electrons. The van der Waals surface area contributed by atoms with Crippen molar-refractivity contribution in [1.29, 1.82) is 0 Å². The molecule has 1 amide bonds. The molecule has 7 heteroatoms. The van der Waals surface area contributed by atoms with Crippen LogP contribution in [0.4, 0.5) is 5.69 Å². The second-order valence-electron chi connectivity index (χ2n) is 7.92. The molecule has 0 saturated heterocycles. The second-order valence-corrected chi connectivity index (χ2v) is 8.74. The molecule has 0 aliphatic carbocycles. The molecule has 0 atom stereocenters. The molecule has 0 fully saturated rings. The van der Waals surface area contributed by atoms with E-state index in [4.69, 9.17) is 32.4 Å². The molecule has 0 unspecified atom stereocenters. The number of para-hydroxylation sites is 1. The molecule has 0 aliphatic rings. The van der Waals surface area contributed by atoms with Crippen LogP contribution in [-0.4, -0.2) is 18.3 Å². The van der Waals surface area contributed by atoms with Crippen LogP contribution in [0.3, 0.4) is 0 Å². The Labute approximate surface area is 207 Å². The van der Waals surface area contributed by atoms with Crippen molar-refractivity contribution < 1.29 is 18.7 Å². The Kier molecular flexibility index (Phi) is 7.25. The fourth-order valence-corrected chi connectivity index (χ4v) is 4.09. The van der Waals surface area contributed by atoms with Gasteiger partial charge in [-0.25, -0.2) is 0 Å². The fourth-order valence-electron chi connectivity index (χ4n) is 3.50. The average Bonchev–Trinajstić information content (AvgIpc) is 3.19. The molecule has 1 heterocycles. The van der Waals surface area contributed by atoms with E-state index < -0.39 is 5.91 Å². The van der Waals surface area contributed by atoms with Gasteiger partial charge in [0.05, 0.1) is 22.3 Å². The van der Waals surface area contributed by atoms with Gasteiger partial charge in [-0.3, -0.25) is 9.59 Å². The summed E-state index contributed by atoms with van der Waals surface area (Å²) in [5.41, 5.74) is 2.51. The molecule has 1 N–H and O–H groups in total. The number of ketones is 1. The predicted octanol–water partition coefficient (Wildman–Crippen LogP) is 7.71. The average molecular weight is 496 g/mol. The minimum Gasteiger partial charge on any atom is -0.490 e. The van der Waals surface area contributed by atoms with Gasteiger partial charge in [-0.1, -0.05) is 78.5 Å². The van der Waals surface area contributed by atoms with Crippen LogP contribution < -0.4 is 10.1 Å². The summed E-state index contributed by atoms with van der Waals surface area (Å²) < 4.78 is 11.5. The maximum Gasteiger partial charge on any atom is 0.255 e. The first-order valence-corrected chi connectivity index (χ1v) is 11.7. The molecule has 34 heavy (non-hydrogen) atoms. The van der Waals surface area contributed by atoms with Gasteiger partial charge in [-0.2, -0.15) is 0 Å². The summed E-state index contributed by atoms with van der Waals surface area (Å²) in [6.45, 7) is 4.47. The smallest absolute Gasteiger partial charge is 0.255 e. The lowest BCUT2D eigenvalue weighted by Gasteiger charge is -2.12. The number of amides is 1. The summed E-state index contributed by atoms with van der Waals surface area (Å²) in [5, 5.41) is 3.92. The van der Waals surface area contributed by atoms with Crippen LogP contribution in [0.25, 0.3) is 11.0 Å². The molecular weight excluding hydrogens is 473 g/mol. The van der Waals surface area contributed by atoms with E-state index >= 15 is 0 Å². The first kappa shape index (κ1) is 23.9. The number of furan rings is 1. The SMILES string of the molecule is CCCCOc1c(Cl)cc(C(=O)Nc2c(C(=O)c3ccc(C)cc3)oc3ccccc23)cc1Cl. The number of nitrogens with one attached hydrogen (secondary N) is 1. The van der Waals surface area contributed by atoms with Crippen LogP contribution in [0.2, 0.25) is 10.0 Å². The summed E-state index contributed by atoms with van der Waals surface area (Å²) in [6.07, 6.45) is 1.83. The van der Waals surface area contributed by atoms with Crippen LogP contribution in [0.1, 0.15) is 51.8 Å². The highest BCUT2D eigenvalue weighted by atomic mass is 35.5. The third kappa shape index (κ3) is 4.96. The number of carbonyl (C=O) groups is 2. The van der Waals surface area contributed by atoms with Crippen LogP contribution >= 0.6 is 23.2 Å². The Morgan fingerprint density at radius 1 is 0.971 bits per heavy atom. The van der Waals surface area contributed by atoms with E-state index in [0.29, 0.717) is 34.6 Å². The number of rotatable bonds is 8. The third-order valence-electron chi connectivity index (χ3n) is 5.36. The topological polar surface area (TPSA) is 68.5 Å². The molecule has 0 saturated carbocycles. The van der Waals surface area contributed by atoms with Crippen molar-refractivity contribution in [1.82, 2.24) is 0 Å². The number of aryl methyl sites for hydroxylation is 1. The number of fused-ring (bicyclic) bond motifs is 1. The van der Waals surface area contributed by atoms with Gasteiger partial charge < -0.3 is 14.5 Å². The zero-order valence-corrected chi connectivity index (χ0v) is 20.3. The highest BCUT2D eigenvalue weighted by Crippen LogP contribution is 2.36. The fraction of sp³-hybridized carbons (Fsp3) is 0.185. The maximum absolute atomic E-state index is 13.2. The van der Waals surface area contributed by atoms with Gasteiger partial charge in [0.1, 0.15) is 5.58 Å². The number of benzene rings is 3. The lowest BCUT2D eigenvalue weighted by Crippen LogP contribution is -2.14. The summed E-state index contributed by atoms with van der Waals surface area (Å²) in [6, 6.07) is 17.3. The Morgan fingerprint density at radius 3 is 2.32 bits per heavy atom. The normalized spacial score (nSPS) is 10.9. The predicted molar refractivity (Wildman–Crippen MR) is 136 cm³/mol. The van der Waals surface area contributed by atoms with Gasteiger partial charge in [0, 0.05) is 16.5 Å². The summed E-state index contributed by atoms with van der Waals surface area (Å²) in [7, 11) is 0. The quantitative estimate of drug-likeness (QED) is 0.200. The van der Waals surface area contributed by atoms with Crippen molar-refractivity contribution in [3.63, 3.8) is 0 Å². The zero-order valence-electron chi connectivity index (χ0n) is 18.8. The second kappa shape index (κ2) is 10.3. The monoisotopic (exact) mass is 495 g/mol. The Balaban J connectivity index is 1.68. The highest BCUT2D eigenvalue weighted by Gasteiger charge is 2.24. The molecule has 0 spiro atoms. The zero-order chi connectivity index (χ0) is 24.2. The lowest BCUT2D eigenvalue weighted by atomic mass is 10.1. The van der Waals surface area contributed by atoms with Crippen LogP contribution in [-0.2, 0) is 0 Å². The van der Waals surface area contributed by atoms with E-state index in [-0.39, 0.29) is 27.2 Å². The van der Waals surface area contributed by atoms with E-state index in [1.807, 2.05) is 25.1 Å². The molecule has 1 aromatic heterocycles. The van der Waals surface area contributed by atoms with E-state index in [1.165, 1.54) is 12.1 Å². The number of carbonyl (C=O) groups excluding carboxylic acids is 2. The molecule has 3 aromatic carbocycles. The van der Waals surface area contributed by atoms with Gasteiger partial charge >= 0.3 is 0 Å². The number of hydrogen-bond donors (Lipinski definition) is 1.